The maximum Gasteiger partial charge on any atom is 0.189 e. The maximum atomic E-state index is 10.1. The predicted octanol–water partition coefficient (Wildman–Crippen LogP) is 4.30. The van der Waals surface area contributed by atoms with Crippen LogP contribution in [0.25, 0.3) is 0 Å². The molecule has 1 aliphatic carbocycles. The van der Waals surface area contributed by atoms with Crippen LogP contribution >= 0.6 is 23.2 Å². The van der Waals surface area contributed by atoms with E-state index in [1.807, 2.05) is 7.05 Å². The lowest BCUT2D eigenvalue weighted by Crippen LogP contribution is -2.55. The fourth-order valence-corrected chi connectivity index (χ4v) is 5.61. The second-order valence-corrected chi connectivity index (χ2v) is 8.54. The topological polar surface area (TPSA) is 98.5 Å². The Balaban J connectivity index is 2.01. The molecule has 7 heteroatoms. The van der Waals surface area contributed by atoms with Gasteiger partial charge < -0.3 is 5.41 Å². The van der Waals surface area contributed by atoms with Gasteiger partial charge in [-0.05, 0) is 43.2 Å². The van der Waals surface area contributed by atoms with Gasteiger partial charge in [0.1, 0.15) is 5.92 Å². The Morgan fingerprint density at radius 3 is 2.46 bits per heavy atom. The molecule has 1 saturated heterocycles. The molecule has 1 aromatic rings. The number of hydrogen-bond acceptors (Lipinski definition) is 5. The predicted molar refractivity (Wildman–Crippen MR) is 106 cm³/mol. The number of fused-ring (bicyclic) bond motifs is 4. The van der Waals surface area contributed by atoms with Crippen LogP contribution in [0.2, 0.25) is 10.0 Å². The number of nitrogens with one attached hydrogen (secondary N) is 1. The van der Waals surface area contributed by atoms with Crippen LogP contribution in [-0.4, -0.2) is 29.7 Å². The molecule has 0 spiro atoms. The Hall–Kier alpha value is -2.36. The second kappa shape index (κ2) is 6.61. The molecule has 0 aromatic heterocycles. The standard InChI is InChI=1S/C21H17Cl2N5/c1-28-12-3-5-17(28)18-13(7-12)14(8-24)20(27)21(9-25,10-26)19(18)11-2-4-15(22)16(23)6-11/h2,4,6-7,12,14,17-19,27H,3,5H2,1H3/t12-,14?,17+,18-,19-/m0/s1. The van der Waals surface area contributed by atoms with Crippen LogP contribution in [0.4, 0.5) is 0 Å². The van der Waals surface area contributed by atoms with Crippen molar-refractivity contribution in [3.05, 3.63) is 45.5 Å². The Labute approximate surface area is 173 Å². The first kappa shape index (κ1) is 19.0. The van der Waals surface area contributed by atoms with E-state index in [1.165, 1.54) is 0 Å². The summed E-state index contributed by atoms with van der Waals surface area (Å²) in [5.41, 5.74) is -0.290. The number of nitriles is 3. The molecule has 2 heterocycles. The van der Waals surface area contributed by atoms with E-state index in [1.54, 1.807) is 18.2 Å². The third-order valence-electron chi connectivity index (χ3n) is 6.65. The normalized spacial score (nSPS) is 33.2. The van der Waals surface area contributed by atoms with E-state index in [4.69, 9.17) is 28.6 Å². The lowest BCUT2D eigenvalue weighted by Gasteiger charge is -2.50. The first-order valence-electron chi connectivity index (χ1n) is 9.09. The maximum absolute atomic E-state index is 10.1. The molecule has 28 heavy (non-hydrogen) atoms. The summed E-state index contributed by atoms with van der Waals surface area (Å²) >= 11 is 12.3. The van der Waals surface area contributed by atoms with Gasteiger partial charge in [-0.1, -0.05) is 35.3 Å². The molecular weight excluding hydrogens is 393 g/mol. The molecule has 5 nitrogen and oxygen atoms in total. The monoisotopic (exact) mass is 409 g/mol. The summed E-state index contributed by atoms with van der Waals surface area (Å²) in [7, 11) is 2.04. The van der Waals surface area contributed by atoms with Gasteiger partial charge >= 0.3 is 0 Å². The van der Waals surface area contributed by atoms with Gasteiger partial charge in [0.2, 0.25) is 0 Å². The highest BCUT2D eigenvalue weighted by molar-refractivity contribution is 6.42. The molecule has 1 unspecified atom stereocenters. The highest BCUT2D eigenvalue weighted by Crippen LogP contribution is 2.58. The lowest BCUT2D eigenvalue weighted by molar-refractivity contribution is 0.157. The van der Waals surface area contributed by atoms with Gasteiger partial charge in [0.05, 0.1) is 34.0 Å². The second-order valence-electron chi connectivity index (χ2n) is 7.73. The van der Waals surface area contributed by atoms with Crippen molar-refractivity contribution in [2.75, 3.05) is 7.05 Å². The molecule has 1 aromatic carbocycles. The van der Waals surface area contributed by atoms with Crippen LogP contribution in [-0.2, 0) is 0 Å². The first-order valence-corrected chi connectivity index (χ1v) is 9.84. The van der Waals surface area contributed by atoms with Crippen LogP contribution in [0.3, 0.4) is 0 Å². The average Bonchev–Trinajstić information content (AvgIpc) is 2.93. The third-order valence-corrected chi connectivity index (χ3v) is 7.38. The molecule has 2 fully saturated rings. The smallest absolute Gasteiger partial charge is 0.189 e. The summed E-state index contributed by atoms with van der Waals surface area (Å²) in [5.74, 6) is -1.65. The zero-order valence-corrected chi connectivity index (χ0v) is 16.7. The van der Waals surface area contributed by atoms with E-state index in [-0.39, 0.29) is 23.7 Å². The molecule has 2 bridgehead atoms. The van der Waals surface area contributed by atoms with Crippen molar-refractivity contribution in [2.24, 2.45) is 17.3 Å². The van der Waals surface area contributed by atoms with Crippen LogP contribution in [0.1, 0.15) is 24.3 Å². The van der Waals surface area contributed by atoms with Crippen LogP contribution in [0.5, 0.6) is 0 Å². The van der Waals surface area contributed by atoms with Crippen LogP contribution in [0.15, 0.2) is 29.8 Å². The van der Waals surface area contributed by atoms with Crippen molar-refractivity contribution in [1.29, 1.82) is 21.2 Å². The minimum absolute atomic E-state index is 0.106. The van der Waals surface area contributed by atoms with Crippen LogP contribution < -0.4 is 0 Å². The number of nitrogens with zero attached hydrogens (tertiary/aromatic N) is 4. The van der Waals surface area contributed by atoms with Gasteiger partial charge in [-0.3, -0.25) is 4.90 Å². The molecule has 140 valence electrons. The number of halogens is 2. The molecule has 2 aliphatic heterocycles. The summed E-state index contributed by atoms with van der Waals surface area (Å²) in [6.07, 6.45) is 3.97. The molecule has 0 amide bonds. The van der Waals surface area contributed by atoms with E-state index < -0.39 is 17.3 Å². The van der Waals surface area contributed by atoms with E-state index in [0.29, 0.717) is 15.6 Å². The van der Waals surface area contributed by atoms with Crippen molar-refractivity contribution < 1.29 is 0 Å². The van der Waals surface area contributed by atoms with Crippen molar-refractivity contribution in [3.8, 4) is 18.2 Å². The van der Waals surface area contributed by atoms with Gasteiger partial charge in [0, 0.05) is 23.9 Å². The highest BCUT2D eigenvalue weighted by atomic mass is 35.5. The van der Waals surface area contributed by atoms with Gasteiger partial charge in [-0.2, -0.15) is 15.8 Å². The molecule has 4 rings (SSSR count). The minimum Gasteiger partial charge on any atom is -0.305 e. The van der Waals surface area contributed by atoms with E-state index >= 15 is 0 Å². The minimum atomic E-state index is -1.73. The Bertz CT molecular complexity index is 1010. The number of hydrogen-bond donors (Lipinski definition) is 1. The summed E-state index contributed by atoms with van der Waals surface area (Å²) in [5, 5.41) is 39.4. The van der Waals surface area contributed by atoms with Crippen molar-refractivity contribution in [1.82, 2.24) is 4.90 Å². The zero-order valence-electron chi connectivity index (χ0n) is 15.2. The van der Waals surface area contributed by atoms with E-state index in [0.717, 1.165) is 18.4 Å². The lowest BCUT2D eigenvalue weighted by atomic mass is 9.53. The van der Waals surface area contributed by atoms with Gasteiger partial charge in [-0.25, -0.2) is 0 Å². The SMILES string of the molecule is CN1[C@@H]2C=C3C(C#N)C(=N)C(C#N)(C#N)[C@@H](c4ccc(Cl)c(Cl)c4)[C@@H]3[C@H]1CC2. The van der Waals surface area contributed by atoms with Gasteiger partial charge in [0.25, 0.3) is 0 Å². The number of benzene rings is 1. The van der Waals surface area contributed by atoms with Gasteiger partial charge in [-0.15, -0.1) is 0 Å². The zero-order chi connectivity index (χ0) is 20.2. The van der Waals surface area contributed by atoms with Crippen LogP contribution in [0, 0.1) is 56.7 Å². The molecule has 0 radical (unpaired) electrons. The Morgan fingerprint density at radius 2 is 1.86 bits per heavy atom. The molecule has 1 N–H and O–H groups in total. The molecule has 3 aliphatic rings. The van der Waals surface area contributed by atoms with E-state index in [2.05, 4.69) is 29.2 Å². The fourth-order valence-electron chi connectivity index (χ4n) is 5.31. The summed E-state index contributed by atoms with van der Waals surface area (Å²) in [6, 6.07) is 11.9. The highest BCUT2D eigenvalue weighted by Gasteiger charge is 2.61. The van der Waals surface area contributed by atoms with Crippen molar-refractivity contribution in [3.63, 3.8) is 0 Å². The summed E-state index contributed by atoms with van der Waals surface area (Å²) in [6.45, 7) is 0. The Morgan fingerprint density at radius 1 is 1.14 bits per heavy atom. The average molecular weight is 410 g/mol. The quantitative estimate of drug-likeness (QED) is 0.698. The first-order chi connectivity index (χ1) is 13.4. The van der Waals surface area contributed by atoms with Gasteiger partial charge in [0.15, 0.2) is 5.41 Å². The number of likely N-dealkylation sites (N-methyl/N-ethyl adjacent to an activating group) is 1. The summed E-state index contributed by atoms with van der Waals surface area (Å²) < 4.78 is 0. The molecule has 1 saturated carbocycles. The Kier molecular flexibility index (Phi) is 4.48. The van der Waals surface area contributed by atoms with E-state index in [9.17, 15) is 15.8 Å². The number of rotatable bonds is 1. The largest absolute Gasteiger partial charge is 0.305 e. The van der Waals surface area contributed by atoms with Crippen molar-refractivity contribution in [2.45, 2.75) is 30.8 Å². The fraction of sp³-hybridized carbons (Fsp3) is 0.429. The van der Waals surface area contributed by atoms with Crippen molar-refractivity contribution >= 4 is 28.9 Å². The third kappa shape index (κ3) is 2.36. The summed E-state index contributed by atoms with van der Waals surface area (Å²) in [4.78, 5) is 2.27. The molecule has 5 atom stereocenters. The molecular formula is C21H17Cl2N5.